The molecule has 0 spiro atoms. The lowest BCUT2D eigenvalue weighted by Crippen LogP contribution is -1.97. The average Bonchev–Trinajstić information content (AvgIpc) is 3.68. The van der Waals surface area contributed by atoms with Crippen LogP contribution in [0.4, 0.5) is 11.4 Å². The Morgan fingerprint density at radius 2 is 0.938 bits per heavy atom. The van der Waals surface area contributed by atoms with Gasteiger partial charge < -0.3 is 9.13 Å². The highest BCUT2D eigenvalue weighted by atomic mass is 15.0. The first-order valence-corrected chi connectivity index (χ1v) is 15.8. The molecule has 0 radical (unpaired) electrons. The normalized spacial score (nSPS) is 11.3. The third kappa shape index (κ3) is 4.07. The van der Waals surface area contributed by atoms with E-state index in [4.69, 9.17) is 13.1 Å². The maximum Gasteiger partial charge on any atom is 0.211 e. The molecule has 4 nitrogen and oxygen atoms in total. The Balaban J connectivity index is 1.18. The lowest BCUT2D eigenvalue weighted by molar-refractivity contribution is 1.18. The van der Waals surface area contributed by atoms with Crippen molar-refractivity contribution in [2.75, 3.05) is 0 Å². The monoisotopic (exact) mass is 610 g/mol. The molecule has 9 rings (SSSR count). The number of rotatable bonds is 4. The van der Waals surface area contributed by atoms with E-state index in [2.05, 4.69) is 146 Å². The van der Waals surface area contributed by atoms with Crippen LogP contribution in [0, 0.1) is 13.1 Å². The minimum atomic E-state index is 0.614. The van der Waals surface area contributed by atoms with Gasteiger partial charge in [-0.2, -0.15) is 0 Å². The van der Waals surface area contributed by atoms with Crippen LogP contribution < -0.4 is 0 Å². The van der Waals surface area contributed by atoms with Gasteiger partial charge in [-0.15, -0.1) is 0 Å². The SMILES string of the molecule is [C-]#[N+]c1cccc(-c2ccc(-c3cccc(-n4c5ccccc5c5c([N+]#[C-])cccc54)c3)cc2)c1-n1c2ccccc2c2ccccc21. The zero-order valence-electron chi connectivity index (χ0n) is 25.8. The van der Waals surface area contributed by atoms with Crippen LogP contribution >= 0.6 is 0 Å². The molecule has 7 aromatic carbocycles. The number of para-hydroxylation sites is 4. The molecule has 0 aliphatic carbocycles. The van der Waals surface area contributed by atoms with E-state index in [1.807, 2.05) is 30.3 Å². The summed E-state index contributed by atoms with van der Waals surface area (Å²) in [5, 5.41) is 4.40. The summed E-state index contributed by atoms with van der Waals surface area (Å²) in [6.07, 6.45) is 0. The molecular formula is C44H26N4. The molecule has 0 saturated carbocycles. The van der Waals surface area contributed by atoms with Gasteiger partial charge in [0.05, 0.1) is 35.4 Å². The quantitative estimate of drug-likeness (QED) is 0.177. The van der Waals surface area contributed by atoms with Crippen LogP contribution in [0.3, 0.4) is 0 Å². The summed E-state index contributed by atoms with van der Waals surface area (Å²) in [5.74, 6) is 0. The van der Waals surface area contributed by atoms with Gasteiger partial charge in [-0.05, 0) is 64.0 Å². The van der Waals surface area contributed by atoms with E-state index in [-0.39, 0.29) is 0 Å². The van der Waals surface area contributed by atoms with E-state index in [0.717, 1.165) is 66.5 Å². The zero-order valence-corrected chi connectivity index (χ0v) is 25.8. The van der Waals surface area contributed by atoms with Crippen molar-refractivity contribution < 1.29 is 0 Å². The molecule has 0 fully saturated rings. The second-order valence-corrected chi connectivity index (χ2v) is 11.9. The van der Waals surface area contributed by atoms with Crippen LogP contribution in [0.25, 0.3) is 86.9 Å². The van der Waals surface area contributed by atoms with Gasteiger partial charge in [-0.25, -0.2) is 9.69 Å². The fourth-order valence-electron chi connectivity index (χ4n) is 7.29. The summed E-state index contributed by atoms with van der Waals surface area (Å²) in [6, 6.07) is 54.3. The molecule has 0 aliphatic heterocycles. The minimum Gasteiger partial charge on any atom is -0.318 e. The molecular weight excluding hydrogens is 585 g/mol. The lowest BCUT2D eigenvalue weighted by atomic mass is 9.98. The van der Waals surface area contributed by atoms with Crippen molar-refractivity contribution in [2.45, 2.75) is 0 Å². The highest BCUT2D eigenvalue weighted by Gasteiger charge is 2.19. The maximum absolute atomic E-state index is 8.11. The predicted octanol–water partition coefficient (Wildman–Crippen LogP) is 12.3. The van der Waals surface area contributed by atoms with Crippen molar-refractivity contribution >= 4 is 55.0 Å². The first-order valence-electron chi connectivity index (χ1n) is 15.8. The largest absolute Gasteiger partial charge is 0.318 e. The van der Waals surface area contributed by atoms with Crippen LogP contribution in [0.5, 0.6) is 0 Å². The first-order chi connectivity index (χ1) is 23.7. The topological polar surface area (TPSA) is 18.6 Å². The van der Waals surface area contributed by atoms with Gasteiger partial charge in [-0.1, -0.05) is 121 Å². The summed E-state index contributed by atoms with van der Waals surface area (Å²) in [6.45, 7) is 15.9. The smallest absolute Gasteiger partial charge is 0.211 e. The second kappa shape index (κ2) is 10.9. The van der Waals surface area contributed by atoms with Gasteiger partial charge >= 0.3 is 0 Å². The number of aromatic nitrogens is 2. The molecule has 0 amide bonds. The number of benzene rings is 7. The van der Waals surface area contributed by atoms with E-state index >= 15 is 0 Å². The summed E-state index contributed by atoms with van der Waals surface area (Å²) >= 11 is 0. The fraction of sp³-hybridized carbons (Fsp3) is 0. The van der Waals surface area contributed by atoms with Gasteiger partial charge in [0.1, 0.15) is 0 Å². The van der Waals surface area contributed by atoms with Crippen molar-refractivity contribution in [3.8, 4) is 33.6 Å². The lowest BCUT2D eigenvalue weighted by Gasteiger charge is -2.16. The highest BCUT2D eigenvalue weighted by molar-refractivity contribution is 6.15. The molecule has 48 heavy (non-hydrogen) atoms. The van der Waals surface area contributed by atoms with Gasteiger partial charge in [0.2, 0.25) is 5.69 Å². The Hall–Kier alpha value is -6.88. The summed E-state index contributed by atoms with van der Waals surface area (Å²) in [4.78, 5) is 7.83. The Morgan fingerprint density at radius 1 is 0.396 bits per heavy atom. The zero-order chi connectivity index (χ0) is 32.2. The molecule has 0 N–H and O–H groups in total. The van der Waals surface area contributed by atoms with E-state index < -0.39 is 0 Å². The summed E-state index contributed by atoms with van der Waals surface area (Å²) in [7, 11) is 0. The third-order valence-electron chi connectivity index (χ3n) is 9.37. The Morgan fingerprint density at radius 3 is 1.62 bits per heavy atom. The molecule has 222 valence electrons. The molecule has 9 aromatic rings. The Bertz CT molecular complexity index is 2750. The molecule has 2 heterocycles. The van der Waals surface area contributed by atoms with E-state index in [1.54, 1.807) is 0 Å². The van der Waals surface area contributed by atoms with Crippen molar-refractivity contribution in [3.63, 3.8) is 0 Å². The molecule has 2 aromatic heterocycles. The molecule has 0 aliphatic rings. The van der Waals surface area contributed by atoms with Crippen molar-refractivity contribution in [3.05, 3.63) is 181 Å². The fourth-order valence-corrected chi connectivity index (χ4v) is 7.29. The van der Waals surface area contributed by atoms with Crippen LogP contribution in [-0.4, -0.2) is 9.13 Å². The van der Waals surface area contributed by atoms with Crippen molar-refractivity contribution in [2.24, 2.45) is 0 Å². The van der Waals surface area contributed by atoms with E-state index in [9.17, 15) is 0 Å². The standard InChI is InChI=1S/C44H26N4/c1-45-37-18-11-23-42-43(37)36-16-5-8-22-41(36)47(42)32-13-9-12-31(28-32)29-24-26-30(27-25-29)33-17-10-19-38(46-2)44(33)48-39-20-6-3-14-34(39)35-15-4-7-21-40(35)48/h3-28H. The molecule has 0 unspecified atom stereocenters. The number of hydrogen-bond acceptors (Lipinski definition) is 0. The molecule has 0 bridgehead atoms. The van der Waals surface area contributed by atoms with Gasteiger partial charge in [-0.3, -0.25) is 0 Å². The number of hydrogen-bond donors (Lipinski definition) is 0. The van der Waals surface area contributed by atoms with E-state index in [1.165, 1.54) is 10.8 Å². The Labute approximate surface area is 277 Å². The summed E-state index contributed by atoms with van der Waals surface area (Å²) in [5.41, 5.74) is 11.7. The van der Waals surface area contributed by atoms with Gasteiger partial charge in [0.25, 0.3) is 0 Å². The maximum atomic E-state index is 8.11. The van der Waals surface area contributed by atoms with Gasteiger partial charge in [0, 0.05) is 27.4 Å². The molecule has 0 atom stereocenters. The van der Waals surface area contributed by atoms with Crippen LogP contribution in [-0.2, 0) is 0 Å². The number of fused-ring (bicyclic) bond motifs is 6. The minimum absolute atomic E-state index is 0.614. The predicted molar refractivity (Wildman–Crippen MR) is 199 cm³/mol. The third-order valence-corrected chi connectivity index (χ3v) is 9.37. The van der Waals surface area contributed by atoms with E-state index in [0.29, 0.717) is 11.4 Å². The summed E-state index contributed by atoms with van der Waals surface area (Å²) < 4.78 is 4.50. The van der Waals surface area contributed by atoms with Crippen LogP contribution in [0.2, 0.25) is 0 Å². The van der Waals surface area contributed by atoms with Gasteiger partial charge in [0.15, 0.2) is 5.69 Å². The average molecular weight is 611 g/mol. The highest BCUT2D eigenvalue weighted by Crippen LogP contribution is 2.42. The second-order valence-electron chi connectivity index (χ2n) is 11.9. The molecule has 0 saturated heterocycles. The van der Waals surface area contributed by atoms with Crippen molar-refractivity contribution in [1.29, 1.82) is 0 Å². The first kappa shape index (κ1) is 27.4. The van der Waals surface area contributed by atoms with Crippen LogP contribution in [0.15, 0.2) is 158 Å². The molecule has 4 heteroatoms. The van der Waals surface area contributed by atoms with Crippen molar-refractivity contribution in [1.82, 2.24) is 9.13 Å². The Kier molecular flexibility index (Phi) is 6.22. The van der Waals surface area contributed by atoms with Crippen LogP contribution in [0.1, 0.15) is 0 Å². The number of nitrogens with zero attached hydrogens (tertiary/aromatic N) is 4.